The van der Waals surface area contributed by atoms with Crippen molar-refractivity contribution in [2.75, 3.05) is 7.11 Å². The molecule has 120 valence electrons. The van der Waals surface area contributed by atoms with Crippen LogP contribution in [0.2, 0.25) is 0 Å². The molecule has 0 bridgehead atoms. The Hall–Kier alpha value is -1.84. The van der Waals surface area contributed by atoms with E-state index in [1.807, 2.05) is 0 Å². The van der Waals surface area contributed by atoms with Crippen LogP contribution in [0.1, 0.15) is 55.5 Å². The van der Waals surface area contributed by atoms with Gasteiger partial charge in [0, 0.05) is 11.1 Å². The normalized spacial score (nSPS) is 21.2. The number of rotatable bonds is 5. The quantitative estimate of drug-likeness (QED) is 0.616. The van der Waals surface area contributed by atoms with E-state index in [9.17, 15) is 9.59 Å². The molecule has 1 aliphatic carbocycles. The van der Waals surface area contributed by atoms with Crippen LogP contribution in [0.15, 0.2) is 18.2 Å². The predicted octanol–water partition coefficient (Wildman–Crippen LogP) is 3.56. The van der Waals surface area contributed by atoms with Gasteiger partial charge in [0.2, 0.25) is 0 Å². The smallest absolute Gasteiger partial charge is 0.310 e. The van der Waals surface area contributed by atoms with Gasteiger partial charge in [-0.25, -0.2) is 0 Å². The minimum Gasteiger partial charge on any atom is -0.496 e. The second kappa shape index (κ2) is 7.43. The molecule has 1 aromatic rings. The van der Waals surface area contributed by atoms with Crippen LogP contribution in [-0.2, 0) is 16.0 Å². The minimum absolute atomic E-state index is 0.0261. The number of benzene rings is 1. The first-order chi connectivity index (χ1) is 10.5. The summed E-state index contributed by atoms with van der Waals surface area (Å²) in [4.78, 5) is 23.7. The van der Waals surface area contributed by atoms with Gasteiger partial charge in [0.15, 0.2) is 5.78 Å². The first-order valence-corrected chi connectivity index (χ1v) is 7.87. The van der Waals surface area contributed by atoms with Gasteiger partial charge in [-0.3, -0.25) is 9.59 Å². The zero-order valence-electron chi connectivity index (χ0n) is 13.6. The van der Waals surface area contributed by atoms with Crippen LogP contribution in [-0.4, -0.2) is 25.0 Å². The zero-order chi connectivity index (χ0) is 16.1. The highest BCUT2D eigenvalue weighted by atomic mass is 16.5. The van der Waals surface area contributed by atoms with Crippen LogP contribution in [0.4, 0.5) is 0 Å². The van der Waals surface area contributed by atoms with Crippen molar-refractivity contribution in [1.29, 1.82) is 0 Å². The fourth-order valence-electron chi connectivity index (χ4n) is 3.00. The van der Waals surface area contributed by atoms with Crippen LogP contribution in [0.5, 0.6) is 5.75 Å². The molecule has 4 nitrogen and oxygen atoms in total. The average Bonchev–Trinajstić information content (AvgIpc) is 2.47. The average molecular weight is 304 g/mol. The number of esters is 1. The molecule has 0 amide bonds. The van der Waals surface area contributed by atoms with Crippen LogP contribution in [0.3, 0.4) is 0 Å². The van der Waals surface area contributed by atoms with Crippen LogP contribution >= 0.6 is 0 Å². The molecule has 1 aliphatic rings. The molecule has 1 fully saturated rings. The van der Waals surface area contributed by atoms with Crippen molar-refractivity contribution in [2.24, 2.45) is 5.92 Å². The lowest BCUT2D eigenvalue weighted by Gasteiger charge is -2.26. The molecule has 0 radical (unpaired) electrons. The Bertz CT molecular complexity index is 550. The number of carbonyl (C=O) groups excluding carboxylic acids is 2. The highest BCUT2D eigenvalue weighted by Gasteiger charge is 2.22. The summed E-state index contributed by atoms with van der Waals surface area (Å²) in [7, 11) is 1.56. The maximum atomic E-state index is 12.2. The van der Waals surface area contributed by atoms with E-state index in [2.05, 4.69) is 6.92 Å². The molecule has 2 rings (SSSR count). The molecule has 0 saturated heterocycles. The van der Waals surface area contributed by atoms with Gasteiger partial charge < -0.3 is 9.47 Å². The SMILES string of the molecule is COc1ccc(C(C)=O)cc1CC(=O)O[C@@H]1CCC[C@@H](C)C1. The van der Waals surface area contributed by atoms with E-state index in [-0.39, 0.29) is 24.3 Å². The minimum atomic E-state index is -0.252. The van der Waals surface area contributed by atoms with Crippen molar-refractivity contribution in [2.45, 2.75) is 52.1 Å². The molecule has 22 heavy (non-hydrogen) atoms. The van der Waals surface area contributed by atoms with Gasteiger partial charge in [-0.2, -0.15) is 0 Å². The lowest BCUT2D eigenvalue weighted by molar-refractivity contribution is -0.150. The van der Waals surface area contributed by atoms with Crippen molar-refractivity contribution in [3.05, 3.63) is 29.3 Å². The molecule has 0 aliphatic heterocycles. The summed E-state index contributed by atoms with van der Waals surface area (Å²) in [6, 6.07) is 5.15. The predicted molar refractivity (Wildman–Crippen MR) is 84.2 cm³/mol. The summed E-state index contributed by atoms with van der Waals surface area (Å²) in [5.41, 5.74) is 1.28. The Morgan fingerprint density at radius 2 is 2.05 bits per heavy atom. The van der Waals surface area contributed by atoms with Gasteiger partial charge >= 0.3 is 5.97 Å². The Balaban J connectivity index is 2.03. The Labute approximate surface area is 131 Å². The fourth-order valence-corrected chi connectivity index (χ4v) is 3.00. The fraction of sp³-hybridized carbons (Fsp3) is 0.556. The maximum absolute atomic E-state index is 12.2. The van der Waals surface area contributed by atoms with Gasteiger partial charge in [-0.15, -0.1) is 0 Å². The number of carbonyl (C=O) groups is 2. The maximum Gasteiger partial charge on any atom is 0.310 e. The Morgan fingerprint density at radius 1 is 1.27 bits per heavy atom. The molecule has 0 aromatic heterocycles. The second-order valence-corrected chi connectivity index (χ2v) is 6.14. The number of ether oxygens (including phenoxy) is 2. The summed E-state index contributed by atoms with van der Waals surface area (Å²) in [6.45, 7) is 3.70. The molecule has 1 aromatic carbocycles. The summed E-state index contributed by atoms with van der Waals surface area (Å²) in [5, 5.41) is 0. The number of ketones is 1. The molecular formula is C18H24O4. The molecule has 0 heterocycles. The van der Waals surface area contributed by atoms with Gasteiger partial charge in [-0.1, -0.05) is 13.3 Å². The topological polar surface area (TPSA) is 52.6 Å². The number of Topliss-reactive ketones (excluding diaryl/α,β-unsaturated/α-hetero) is 1. The van der Waals surface area contributed by atoms with Crippen molar-refractivity contribution >= 4 is 11.8 Å². The molecule has 0 N–H and O–H groups in total. The lowest BCUT2D eigenvalue weighted by Crippen LogP contribution is -2.25. The molecule has 0 spiro atoms. The summed E-state index contributed by atoms with van der Waals surface area (Å²) in [6.07, 6.45) is 4.37. The summed E-state index contributed by atoms with van der Waals surface area (Å²) in [5.74, 6) is 0.942. The number of hydrogen-bond acceptors (Lipinski definition) is 4. The molecular weight excluding hydrogens is 280 g/mol. The van der Waals surface area contributed by atoms with Gasteiger partial charge in [-0.05, 0) is 50.3 Å². The van der Waals surface area contributed by atoms with Crippen LogP contribution < -0.4 is 4.74 Å². The highest BCUT2D eigenvalue weighted by Crippen LogP contribution is 2.27. The van der Waals surface area contributed by atoms with Crippen molar-refractivity contribution < 1.29 is 19.1 Å². The lowest BCUT2D eigenvalue weighted by atomic mass is 9.89. The van der Waals surface area contributed by atoms with E-state index < -0.39 is 0 Å². The largest absolute Gasteiger partial charge is 0.496 e. The van der Waals surface area contributed by atoms with E-state index in [0.717, 1.165) is 19.3 Å². The van der Waals surface area contributed by atoms with E-state index in [4.69, 9.17) is 9.47 Å². The molecule has 2 atom stereocenters. The van der Waals surface area contributed by atoms with E-state index in [1.54, 1.807) is 25.3 Å². The van der Waals surface area contributed by atoms with Crippen molar-refractivity contribution in [3.8, 4) is 5.75 Å². The highest BCUT2D eigenvalue weighted by molar-refractivity contribution is 5.94. The summed E-state index contributed by atoms with van der Waals surface area (Å²) < 4.78 is 10.9. The third-order valence-corrected chi connectivity index (χ3v) is 4.21. The molecule has 1 saturated carbocycles. The Morgan fingerprint density at radius 3 is 2.68 bits per heavy atom. The second-order valence-electron chi connectivity index (χ2n) is 6.14. The van der Waals surface area contributed by atoms with E-state index in [0.29, 0.717) is 22.8 Å². The number of hydrogen-bond donors (Lipinski definition) is 0. The first kappa shape index (κ1) is 16.5. The third-order valence-electron chi connectivity index (χ3n) is 4.21. The van der Waals surface area contributed by atoms with Crippen molar-refractivity contribution in [3.63, 3.8) is 0 Å². The van der Waals surface area contributed by atoms with Gasteiger partial charge in [0.1, 0.15) is 11.9 Å². The van der Waals surface area contributed by atoms with Crippen molar-refractivity contribution in [1.82, 2.24) is 0 Å². The first-order valence-electron chi connectivity index (χ1n) is 7.87. The van der Waals surface area contributed by atoms with Crippen LogP contribution in [0, 0.1) is 5.92 Å². The molecule has 4 heteroatoms. The molecule has 0 unspecified atom stereocenters. The zero-order valence-corrected chi connectivity index (χ0v) is 13.6. The Kier molecular flexibility index (Phi) is 5.58. The monoisotopic (exact) mass is 304 g/mol. The van der Waals surface area contributed by atoms with E-state index in [1.165, 1.54) is 13.3 Å². The van der Waals surface area contributed by atoms with E-state index >= 15 is 0 Å². The van der Waals surface area contributed by atoms with Gasteiger partial charge in [0.05, 0.1) is 13.5 Å². The van der Waals surface area contributed by atoms with Crippen LogP contribution in [0.25, 0.3) is 0 Å². The summed E-state index contributed by atoms with van der Waals surface area (Å²) >= 11 is 0. The number of methoxy groups -OCH3 is 1. The standard InChI is InChI=1S/C18H24O4/c1-12-5-4-6-16(9-12)22-18(20)11-15-10-14(13(2)19)7-8-17(15)21-3/h7-8,10,12,16H,4-6,9,11H2,1-3H3/t12-,16-/m1/s1. The van der Waals surface area contributed by atoms with Gasteiger partial charge in [0.25, 0.3) is 0 Å². The third kappa shape index (κ3) is 4.33.